The molecule has 21 heavy (non-hydrogen) atoms. The van der Waals surface area contributed by atoms with Crippen LogP contribution in [-0.2, 0) is 11.3 Å². The van der Waals surface area contributed by atoms with E-state index in [1.165, 1.54) is 12.3 Å². The monoisotopic (exact) mass is 307 g/mol. The molecule has 1 amide bonds. The van der Waals surface area contributed by atoms with Crippen LogP contribution in [0.15, 0.2) is 47.1 Å². The number of thiocarbonyl (C=S) groups is 1. The standard InChI is InChI=1S/C14H14FN3O2S/c15-11-5-1-2-6-12(11)18-14(21)17-9-13(19)16-8-10-4-3-7-20-10/h1-7H,8-9H2,(H,16,19)(H2,17,18,21). The van der Waals surface area contributed by atoms with Gasteiger partial charge in [0, 0.05) is 0 Å². The first-order chi connectivity index (χ1) is 10.1. The average molecular weight is 307 g/mol. The van der Waals surface area contributed by atoms with Crippen LogP contribution in [0.4, 0.5) is 10.1 Å². The molecule has 0 bridgehead atoms. The minimum absolute atomic E-state index is 0.0129. The predicted molar refractivity (Wildman–Crippen MR) is 81.2 cm³/mol. The second-order valence-corrected chi connectivity index (χ2v) is 4.55. The van der Waals surface area contributed by atoms with Crippen LogP contribution >= 0.6 is 12.2 Å². The molecule has 2 aromatic rings. The molecule has 3 N–H and O–H groups in total. The van der Waals surface area contributed by atoms with Gasteiger partial charge >= 0.3 is 0 Å². The highest BCUT2D eigenvalue weighted by molar-refractivity contribution is 7.80. The Bertz CT molecular complexity index is 616. The molecule has 0 saturated carbocycles. The average Bonchev–Trinajstić information content (AvgIpc) is 2.99. The van der Waals surface area contributed by atoms with Crippen molar-refractivity contribution in [3.8, 4) is 0 Å². The quantitative estimate of drug-likeness (QED) is 0.738. The van der Waals surface area contributed by atoms with Crippen molar-refractivity contribution in [3.63, 3.8) is 0 Å². The lowest BCUT2D eigenvalue weighted by Gasteiger charge is -2.10. The summed E-state index contributed by atoms with van der Waals surface area (Å²) >= 11 is 4.99. The Morgan fingerprint density at radius 2 is 2.00 bits per heavy atom. The molecular formula is C14H14FN3O2S. The minimum atomic E-state index is -0.413. The first kappa shape index (κ1) is 15.0. The SMILES string of the molecule is O=C(CNC(=S)Nc1ccccc1F)NCc1ccco1. The molecule has 1 aromatic carbocycles. The fourth-order valence-corrected chi connectivity index (χ4v) is 1.73. The Balaban J connectivity index is 1.71. The van der Waals surface area contributed by atoms with E-state index in [1.807, 2.05) is 0 Å². The molecule has 2 rings (SSSR count). The van der Waals surface area contributed by atoms with Crippen LogP contribution < -0.4 is 16.0 Å². The minimum Gasteiger partial charge on any atom is -0.467 e. The summed E-state index contributed by atoms with van der Waals surface area (Å²) < 4.78 is 18.5. The van der Waals surface area contributed by atoms with Crippen molar-refractivity contribution in [1.29, 1.82) is 0 Å². The molecule has 0 saturated heterocycles. The second kappa shape index (κ2) is 7.39. The van der Waals surface area contributed by atoms with Crippen molar-refractivity contribution in [1.82, 2.24) is 10.6 Å². The maximum absolute atomic E-state index is 13.4. The molecule has 0 radical (unpaired) electrons. The van der Waals surface area contributed by atoms with Gasteiger partial charge in [0.05, 0.1) is 25.0 Å². The van der Waals surface area contributed by atoms with E-state index in [0.29, 0.717) is 12.3 Å². The van der Waals surface area contributed by atoms with Gasteiger partial charge in [-0.2, -0.15) is 0 Å². The molecule has 0 aliphatic rings. The Kier molecular flexibility index (Phi) is 5.28. The highest BCUT2D eigenvalue weighted by Crippen LogP contribution is 2.11. The zero-order valence-corrected chi connectivity index (χ0v) is 11.9. The Hall–Kier alpha value is -2.41. The molecule has 1 aromatic heterocycles. The van der Waals surface area contributed by atoms with Crippen molar-refractivity contribution in [2.75, 3.05) is 11.9 Å². The third-order valence-electron chi connectivity index (χ3n) is 2.57. The van der Waals surface area contributed by atoms with Crippen LogP contribution in [0.3, 0.4) is 0 Å². The van der Waals surface area contributed by atoms with Crippen molar-refractivity contribution < 1.29 is 13.6 Å². The highest BCUT2D eigenvalue weighted by atomic mass is 32.1. The number of amides is 1. The molecule has 0 unspecified atom stereocenters. The molecule has 0 fully saturated rings. The summed E-state index contributed by atoms with van der Waals surface area (Å²) in [6, 6.07) is 9.65. The highest BCUT2D eigenvalue weighted by Gasteiger charge is 2.06. The molecule has 0 aliphatic heterocycles. The normalized spacial score (nSPS) is 9.95. The third-order valence-corrected chi connectivity index (χ3v) is 2.82. The fourth-order valence-electron chi connectivity index (χ4n) is 1.55. The number of furan rings is 1. The molecule has 0 atom stereocenters. The zero-order valence-electron chi connectivity index (χ0n) is 11.1. The first-order valence-corrected chi connectivity index (χ1v) is 6.64. The number of para-hydroxylation sites is 1. The summed E-state index contributed by atoms with van der Waals surface area (Å²) in [5.74, 6) is 0.00316. The van der Waals surface area contributed by atoms with Gasteiger partial charge in [-0.05, 0) is 36.5 Å². The van der Waals surface area contributed by atoms with Crippen molar-refractivity contribution in [2.24, 2.45) is 0 Å². The summed E-state index contributed by atoms with van der Waals surface area (Å²) in [4.78, 5) is 11.6. The van der Waals surface area contributed by atoms with Gasteiger partial charge in [-0.25, -0.2) is 4.39 Å². The maximum Gasteiger partial charge on any atom is 0.239 e. The van der Waals surface area contributed by atoms with Crippen LogP contribution in [0.5, 0.6) is 0 Å². The van der Waals surface area contributed by atoms with Crippen LogP contribution in [0.25, 0.3) is 0 Å². The van der Waals surface area contributed by atoms with Crippen molar-refractivity contribution in [2.45, 2.75) is 6.54 Å². The van der Waals surface area contributed by atoms with E-state index in [-0.39, 0.29) is 23.3 Å². The number of rotatable bonds is 5. The summed E-state index contributed by atoms with van der Waals surface area (Å²) in [5.41, 5.74) is 0.256. The molecular weight excluding hydrogens is 293 g/mol. The van der Waals surface area contributed by atoms with E-state index in [4.69, 9.17) is 16.6 Å². The lowest BCUT2D eigenvalue weighted by molar-refractivity contribution is -0.120. The van der Waals surface area contributed by atoms with Crippen LogP contribution in [-0.4, -0.2) is 17.6 Å². The van der Waals surface area contributed by atoms with Crippen LogP contribution in [0.2, 0.25) is 0 Å². The smallest absolute Gasteiger partial charge is 0.239 e. The molecule has 1 heterocycles. The van der Waals surface area contributed by atoms with Crippen molar-refractivity contribution in [3.05, 3.63) is 54.2 Å². The number of carbonyl (C=O) groups excluding carboxylic acids is 1. The topological polar surface area (TPSA) is 66.3 Å². The second-order valence-electron chi connectivity index (χ2n) is 4.14. The van der Waals surface area contributed by atoms with Gasteiger partial charge < -0.3 is 20.4 Å². The van der Waals surface area contributed by atoms with Gasteiger partial charge in [0.15, 0.2) is 5.11 Å². The van der Waals surface area contributed by atoms with Crippen LogP contribution in [0.1, 0.15) is 5.76 Å². The number of hydrogen-bond donors (Lipinski definition) is 3. The van der Waals surface area contributed by atoms with E-state index in [2.05, 4.69) is 16.0 Å². The number of nitrogens with one attached hydrogen (secondary N) is 3. The Morgan fingerprint density at radius 3 is 2.71 bits per heavy atom. The van der Waals surface area contributed by atoms with Crippen molar-refractivity contribution >= 4 is 28.9 Å². The summed E-state index contributed by atoms with van der Waals surface area (Å²) in [6.45, 7) is 0.294. The number of hydrogen-bond acceptors (Lipinski definition) is 3. The van der Waals surface area contributed by atoms with E-state index < -0.39 is 5.82 Å². The van der Waals surface area contributed by atoms with Gasteiger partial charge in [-0.15, -0.1) is 0 Å². The van der Waals surface area contributed by atoms with Gasteiger partial charge in [-0.1, -0.05) is 12.1 Å². The summed E-state index contributed by atoms with van der Waals surface area (Å²) in [7, 11) is 0. The summed E-state index contributed by atoms with van der Waals surface area (Å²) in [6.07, 6.45) is 1.53. The zero-order chi connectivity index (χ0) is 15.1. The van der Waals surface area contributed by atoms with E-state index >= 15 is 0 Å². The predicted octanol–water partition coefficient (Wildman–Crippen LogP) is 2.02. The number of carbonyl (C=O) groups is 1. The number of benzene rings is 1. The molecule has 0 spiro atoms. The van der Waals surface area contributed by atoms with Gasteiger partial charge in [0.25, 0.3) is 0 Å². The van der Waals surface area contributed by atoms with Gasteiger partial charge in [-0.3, -0.25) is 4.79 Å². The first-order valence-electron chi connectivity index (χ1n) is 6.23. The Morgan fingerprint density at radius 1 is 1.19 bits per heavy atom. The van der Waals surface area contributed by atoms with E-state index in [9.17, 15) is 9.18 Å². The lowest BCUT2D eigenvalue weighted by atomic mass is 10.3. The summed E-state index contributed by atoms with van der Waals surface area (Å²) in [5, 5.41) is 8.21. The number of anilines is 1. The number of halogens is 1. The maximum atomic E-state index is 13.4. The largest absolute Gasteiger partial charge is 0.467 e. The third kappa shape index (κ3) is 4.88. The van der Waals surface area contributed by atoms with Gasteiger partial charge in [0.2, 0.25) is 5.91 Å². The van der Waals surface area contributed by atoms with Gasteiger partial charge in [0.1, 0.15) is 11.6 Å². The molecule has 5 nitrogen and oxygen atoms in total. The molecule has 110 valence electrons. The van der Waals surface area contributed by atoms with E-state index in [1.54, 1.807) is 30.3 Å². The molecule has 7 heteroatoms. The lowest BCUT2D eigenvalue weighted by Crippen LogP contribution is -2.38. The van der Waals surface area contributed by atoms with Crippen LogP contribution in [0, 0.1) is 5.82 Å². The van der Waals surface area contributed by atoms with E-state index in [0.717, 1.165) is 0 Å². The fraction of sp³-hybridized carbons (Fsp3) is 0.143. The Labute approximate surface area is 126 Å². The molecule has 0 aliphatic carbocycles.